The van der Waals surface area contributed by atoms with Crippen LogP contribution < -0.4 is 20.1 Å². The molecule has 4 amide bonds. The van der Waals surface area contributed by atoms with Gasteiger partial charge in [-0.3, -0.25) is 29.4 Å². The summed E-state index contributed by atoms with van der Waals surface area (Å²) in [5.41, 5.74) is 3.31. The zero-order valence-corrected chi connectivity index (χ0v) is 28.5. The number of fused-ring (bicyclic) bond motifs is 1. The van der Waals surface area contributed by atoms with Gasteiger partial charge in [-0.15, -0.1) is 16.8 Å². The van der Waals surface area contributed by atoms with E-state index in [0.29, 0.717) is 28.9 Å². The third kappa shape index (κ3) is 6.73. The summed E-state index contributed by atoms with van der Waals surface area (Å²) in [5, 5.41) is 13.4. The summed E-state index contributed by atoms with van der Waals surface area (Å²) >= 11 is 0. The fourth-order valence-electron chi connectivity index (χ4n) is 6.73. The molecule has 14 heteroatoms. The molecule has 3 aliphatic rings. The largest absolute Gasteiger partial charge is 0.490 e. The Morgan fingerprint density at radius 1 is 0.887 bits per heavy atom. The maximum atomic E-state index is 13.2. The number of nitrogens with zero attached hydrogens (tertiary/aromatic N) is 5. The molecule has 2 N–H and O–H groups in total. The highest BCUT2D eigenvalue weighted by atomic mass is 16.5. The monoisotopic (exact) mass is 711 g/mol. The van der Waals surface area contributed by atoms with Gasteiger partial charge in [-0.25, -0.2) is 9.97 Å². The second-order valence-corrected chi connectivity index (χ2v) is 13.1. The van der Waals surface area contributed by atoms with Gasteiger partial charge in [0.25, 0.3) is 17.7 Å². The predicted octanol–water partition coefficient (Wildman–Crippen LogP) is 5.37. The molecule has 1 aliphatic carbocycles. The van der Waals surface area contributed by atoms with Crippen LogP contribution in [0, 0.1) is 6.92 Å². The molecule has 1 saturated carbocycles. The molecule has 0 radical (unpaired) electrons. The van der Waals surface area contributed by atoms with Crippen LogP contribution in [0.25, 0.3) is 11.7 Å². The molecule has 14 nitrogen and oxygen atoms in total. The minimum absolute atomic E-state index is 0.0198. The first-order valence-electron chi connectivity index (χ1n) is 17.1. The van der Waals surface area contributed by atoms with Crippen LogP contribution in [0.3, 0.4) is 0 Å². The molecule has 2 unspecified atom stereocenters. The SMILES string of the molecule is C=CC(c1ccc(Oc2cnc(-c3nnc(C)o3)nc2)cc1)c1ccc(OC2CC(Nc3ccc4c(c3)C(=O)N(C3CCC(=O)NC3=O)C4=O)C2)cc1. The Balaban J connectivity index is 0.827. The molecule has 0 bridgehead atoms. The average Bonchev–Trinajstić information content (AvgIpc) is 3.69. The Kier molecular flexibility index (Phi) is 8.70. The molecule has 5 aromatic rings. The van der Waals surface area contributed by atoms with Crippen molar-refractivity contribution in [2.24, 2.45) is 0 Å². The fraction of sp³-hybridized carbons (Fsp3) is 0.231. The number of hydrogen-bond donors (Lipinski definition) is 2. The van der Waals surface area contributed by atoms with Gasteiger partial charge >= 0.3 is 0 Å². The molecule has 2 aromatic heterocycles. The van der Waals surface area contributed by atoms with E-state index in [9.17, 15) is 19.2 Å². The van der Waals surface area contributed by atoms with Gasteiger partial charge in [0.15, 0.2) is 5.75 Å². The van der Waals surface area contributed by atoms with E-state index in [0.717, 1.165) is 34.6 Å². The molecule has 0 spiro atoms. The van der Waals surface area contributed by atoms with Gasteiger partial charge < -0.3 is 19.2 Å². The van der Waals surface area contributed by atoms with E-state index in [-0.39, 0.29) is 47.9 Å². The van der Waals surface area contributed by atoms with Crippen molar-refractivity contribution in [1.29, 1.82) is 0 Å². The van der Waals surface area contributed by atoms with E-state index in [1.807, 2.05) is 54.6 Å². The summed E-state index contributed by atoms with van der Waals surface area (Å²) in [7, 11) is 0. The maximum absolute atomic E-state index is 13.2. The first kappa shape index (κ1) is 33.4. The van der Waals surface area contributed by atoms with Gasteiger partial charge in [0.1, 0.15) is 23.6 Å². The summed E-state index contributed by atoms with van der Waals surface area (Å²) < 4.78 is 17.5. The van der Waals surface area contributed by atoms with Gasteiger partial charge in [0, 0.05) is 43.8 Å². The summed E-state index contributed by atoms with van der Waals surface area (Å²) in [4.78, 5) is 59.5. The minimum Gasteiger partial charge on any atom is -0.490 e. The van der Waals surface area contributed by atoms with E-state index in [1.165, 1.54) is 0 Å². The zero-order chi connectivity index (χ0) is 36.6. The summed E-state index contributed by atoms with van der Waals surface area (Å²) in [5.74, 6) is 0.741. The topological polar surface area (TPSA) is 179 Å². The summed E-state index contributed by atoms with van der Waals surface area (Å²) in [6, 6.07) is 19.9. The first-order chi connectivity index (χ1) is 25.7. The van der Waals surface area contributed by atoms with Gasteiger partial charge in [-0.05, 0) is 60.0 Å². The smallest absolute Gasteiger partial charge is 0.285 e. The Morgan fingerprint density at radius 2 is 1.57 bits per heavy atom. The van der Waals surface area contributed by atoms with Gasteiger partial charge in [-0.2, -0.15) is 0 Å². The number of rotatable bonds is 11. The van der Waals surface area contributed by atoms with Crippen LogP contribution in [0.4, 0.5) is 5.69 Å². The summed E-state index contributed by atoms with van der Waals surface area (Å²) in [6.45, 7) is 5.76. The number of carbonyl (C=O) groups excluding carboxylic acids is 4. The van der Waals surface area contributed by atoms with Crippen LogP contribution in [0.5, 0.6) is 17.2 Å². The molecule has 1 saturated heterocycles. The highest BCUT2D eigenvalue weighted by Crippen LogP contribution is 2.34. The summed E-state index contributed by atoms with van der Waals surface area (Å²) in [6.07, 6.45) is 6.72. The van der Waals surface area contributed by atoms with Crippen molar-refractivity contribution in [3.8, 4) is 29.0 Å². The lowest BCUT2D eigenvalue weighted by molar-refractivity contribution is -0.136. The Morgan fingerprint density at radius 3 is 2.21 bits per heavy atom. The standard InChI is InChI=1S/C39H33N7O7/c1-3-30(23-6-11-27(12-7-23)53-29-19-40-35(41-20-29)37-45-44-21(2)51-37)22-4-9-26(10-5-22)52-28-16-25(17-28)42-24-8-13-31-32(18-24)39(50)46(38(31)49)33-14-15-34(47)43-36(33)48/h3-13,18-20,25,28,30,33,42H,1,14-17H2,2H3,(H,43,47,48). The highest BCUT2D eigenvalue weighted by molar-refractivity contribution is 6.23. The fourth-order valence-corrected chi connectivity index (χ4v) is 6.73. The average molecular weight is 712 g/mol. The Bertz CT molecular complexity index is 2230. The van der Waals surface area contributed by atoms with Crippen molar-refractivity contribution < 1.29 is 33.1 Å². The van der Waals surface area contributed by atoms with Crippen LogP contribution in [-0.2, 0) is 9.59 Å². The predicted molar refractivity (Wildman–Crippen MR) is 189 cm³/mol. The van der Waals surface area contributed by atoms with Crippen molar-refractivity contribution in [3.05, 3.63) is 120 Å². The third-order valence-electron chi connectivity index (χ3n) is 9.50. The van der Waals surface area contributed by atoms with Crippen molar-refractivity contribution in [3.63, 3.8) is 0 Å². The Labute approximate surface area is 303 Å². The number of anilines is 1. The number of aryl methyl sites for hydroxylation is 1. The number of allylic oxidation sites excluding steroid dienone is 1. The number of carbonyl (C=O) groups is 4. The van der Waals surface area contributed by atoms with Gasteiger partial charge in [-0.1, -0.05) is 30.3 Å². The molecular weight excluding hydrogens is 678 g/mol. The number of amides is 4. The van der Waals surface area contributed by atoms with Crippen molar-refractivity contribution in [2.45, 2.75) is 56.7 Å². The van der Waals surface area contributed by atoms with Crippen molar-refractivity contribution in [2.75, 3.05) is 5.32 Å². The van der Waals surface area contributed by atoms with E-state index in [2.05, 4.69) is 37.4 Å². The van der Waals surface area contributed by atoms with Crippen LogP contribution >= 0.6 is 0 Å². The number of nitrogens with one attached hydrogen (secondary N) is 2. The normalized spacial score (nSPS) is 19.9. The van der Waals surface area contributed by atoms with Crippen molar-refractivity contribution >= 4 is 29.3 Å². The maximum Gasteiger partial charge on any atom is 0.285 e. The number of benzene rings is 3. The van der Waals surface area contributed by atoms with Crippen LogP contribution in [0.2, 0.25) is 0 Å². The van der Waals surface area contributed by atoms with Gasteiger partial charge in [0.2, 0.25) is 23.5 Å². The van der Waals surface area contributed by atoms with Crippen molar-refractivity contribution in [1.82, 2.24) is 30.4 Å². The zero-order valence-electron chi connectivity index (χ0n) is 28.5. The number of imide groups is 2. The highest BCUT2D eigenvalue weighted by Gasteiger charge is 2.44. The molecular formula is C39H33N7O7. The lowest BCUT2D eigenvalue weighted by Gasteiger charge is -2.36. The molecule has 8 rings (SSSR count). The lowest BCUT2D eigenvalue weighted by Crippen LogP contribution is -2.54. The number of aromatic nitrogens is 4. The molecule has 266 valence electrons. The molecule has 2 atom stereocenters. The molecule has 2 fully saturated rings. The minimum atomic E-state index is -0.994. The lowest BCUT2D eigenvalue weighted by atomic mass is 9.88. The third-order valence-corrected chi connectivity index (χ3v) is 9.50. The van der Waals surface area contributed by atoms with E-state index in [4.69, 9.17) is 13.9 Å². The first-order valence-corrected chi connectivity index (χ1v) is 17.1. The van der Waals surface area contributed by atoms with Crippen LogP contribution in [0.15, 0.2) is 96.2 Å². The number of ether oxygens (including phenoxy) is 2. The molecule has 3 aromatic carbocycles. The van der Waals surface area contributed by atoms with E-state index in [1.54, 1.807) is 37.5 Å². The molecule has 53 heavy (non-hydrogen) atoms. The second-order valence-electron chi connectivity index (χ2n) is 13.1. The second kappa shape index (κ2) is 13.8. The number of hydrogen-bond acceptors (Lipinski definition) is 12. The van der Waals surface area contributed by atoms with E-state index < -0.39 is 29.7 Å². The van der Waals surface area contributed by atoms with Gasteiger partial charge in [0.05, 0.1) is 23.5 Å². The van der Waals surface area contributed by atoms with E-state index >= 15 is 0 Å². The number of piperidine rings is 1. The van der Waals surface area contributed by atoms with Crippen LogP contribution in [-0.4, -0.2) is 66.9 Å². The Hall–Kier alpha value is -6.70. The molecule has 2 aliphatic heterocycles. The van der Waals surface area contributed by atoms with Crippen LogP contribution in [0.1, 0.15) is 69.3 Å². The quantitative estimate of drug-likeness (QED) is 0.132. The molecule has 4 heterocycles.